The molecule has 170 valence electrons. The van der Waals surface area contributed by atoms with E-state index in [-0.39, 0.29) is 0 Å². The van der Waals surface area contributed by atoms with Gasteiger partial charge in [-0.3, -0.25) is 0 Å². The second kappa shape index (κ2) is 10.4. The molecular formula is C29H26ClN3O. The van der Waals surface area contributed by atoms with Crippen LogP contribution in [-0.2, 0) is 6.54 Å². The number of halogens is 1. The summed E-state index contributed by atoms with van der Waals surface area (Å²) in [7, 11) is 0. The highest BCUT2D eigenvalue weighted by Crippen LogP contribution is 2.28. The maximum absolute atomic E-state index is 6.19. The van der Waals surface area contributed by atoms with Crippen molar-refractivity contribution in [1.82, 2.24) is 10.1 Å². The second-order valence-corrected chi connectivity index (χ2v) is 8.72. The molecule has 5 heteroatoms. The van der Waals surface area contributed by atoms with Crippen LogP contribution < -0.4 is 4.90 Å². The number of benzene rings is 3. The fraction of sp³-hybridized carbons (Fsp3) is 0.138. The summed E-state index contributed by atoms with van der Waals surface area (Å²) in [6, 6.07) is 24.7. The van der Waals surface area contributed by atoms with Gasteiger partial charge in [0, 0.05) is 48.7 Å². The summed E-state index contributed by atoms with van der Waals surface area (Å²) in [6.45, 7) is 2.48. The Morgan fingerprint density at radius 3 is 2.50 bits per heavy atom. The molecular weight excluding hydrogens is 442 g/mol. The molecule has 0 bridgehead atoms. The molecule has 0 fully saturated rings. The molecule has 4 nitrogen and oxygen atoms in total. The molecule has 34 heavy (non-hydrogen) atoms. The molecule has 5 rings (SSSR count). The fourth-order valence-corrected chi connectivity index (χ4v) is 4.38. The highest BCUT2D eigenvalue weighted by atomic mass is 35.5. The molecule has 0 saturated carbocycles. The average molecular weight is 468 g/mol. The molecule has 0 unspecified atom stereocenters. The SMILES string of the molecule is Clc1cccc(-c2cc(N(CCCN3C=CC=CC=C3)Cc3cccc4ccccc34)on2)c1. The van der Waals surface area contributed by atoms with Gasteiger partial charge in [0.15, 0.2) is 0 Å². The zero-order chi connectivity index (χ0) is 23.2. The van der Waals surface area contributed by atoms with E-state index < -0.39 is 0 Å². The first-order chi connectivity index (χ1) is 16.8. The van der Waals surface area contributed by atoms with E-state index in [9.17, 15) is 0 Å². The molecule has 0 N–H and O–H groups in total. The summed E-state index contributed by atoms with van der Waals surface area (Å²) < 4.78 is 5.85. The van der Waals surface area contributed by atoms with Gasteiger partial charge in [-0.2, -0.15) is 0 Å². The van der Waals surface area contributed by atoms with Gasteiger partial charge in [0.25, 0.3) is 0 Å². The van der Waals surface area contributed by atoms with Crippen molar-refractivity contribution in [3.05, 3.63) is 120 Å². The van der Waals surface area contributed by atoms with Crippen LogP contribution >= 0.6 is 11.6 Å². The maximum atomic E-state index is 6.19. The van der Waals surface area contributed by atoms with Crippen LogP contribution in [0.2, 0.25) is 5.02 Å². The molecule has 1 aliphatic rings. The van der Waals surface area contributed by atoms with E-state index in [2.05, 4.69) is 82.0 Å². The summed E-state index contributed by atoms with van der Waals surface area (Å²) in [5.41, 5.74) is 2.99. The molecule has 1 aromatic heterocycles. The Morgan fingerprint density at radius 1 is 0.853 bits per heavy atom. The molecule has 1 aliphatic heterocycles. The predicted octanol–water partition coefficient (Wildman–Crippen LogP) is 7.44. The van der Waals surface area contributed by atoms with E-state index in [1.165, 1.54) is 16.3 Å². The lowest BCUT2D eigenvalue weighted by Gasteiger charge is -2.24. The lowest BCUT2D eigenvalue weighted by molar-refractivity contribution is 0.411. The van der Waals surface area contributed by atoms with Crippen molar-refractivity contribution in [2.75, 3.05) is 18.0 Å². The topological polar surface area (TPSA) is 32.5 Å². The van der Waals surface area contributed by atoms with E-state index in [0.717, 1.165) is 43.2 Å². The van der Waals surface area contributed by atoms with Crippen LogP contribution in [0.1, 0.15) is 12.0 Å². The lowest BCUT2D eigenvalue weighted by Crippen LogP contribution is -2.26. The molecule has 0 atom stereocenters. The summed E-state index contributed by atoms with van der Waals surface area (Å²) in [6.07, 6.45) is 13.3. The first-order valence-electron chi connectivity index (χ1n) is 11.5. The first-order valence-corrected chi connectivity index (χ1v) is 11.9. The van der Waals surface area contributed by atoms with Crippen LogP contribution in [0.15, 0.2) is 114 Å². The van der Waals surface area contributed by atoms with E-state index in [4.69, 9.17) is 16.1 Å². The lowest BCUT2D eigenvalue weighted by atomic mass is 10.0. The molecule has 0 amide bonds. The maximum Gasteiger partial charge on any atom is 0.228 e. The minimum Gasteiger partial charge on any atom is -0.354 e. The number of fused-ring (bicyclic) bond motifs is 1. The first kappa shape index (κ1) is 22.1. The normalized spacial score (nSPS) is 12.9. The van der Waals surface area contributed by atoms with Gasteiger partial charge in [-0.25, -0.2) is 0 Å². The van der Waals surface area contributed by atoms with Gasteiger partial charge in [-0.15, -0.1) is 0 Å². The smallest absolute Gasteiger partial charge is 0.228 e. The van der Waals surface area contributed by atoms with Crippen LogP contribution in [0.3, 0.4) is 0 Å². The van der Waals surface area contributed by atoms with E-state index in [0.29, 0.717) is 5.02 Å². The Hall–Kier alpha value is -3.76. The van der Waals surface area contributed by atoms with Crippen LogP contribution in [0, 0.1) is 0 Å². The van der Waals surface area contributed by atoms with Crippen LogP contribution in [0.25, 0.3) is 22.0 Å². The van der Waals surface area contributed by atoms with Crippen molar-refractivity contribution in [3.63, 3.8) is 0 Å². The number of allylic oxidation sites excluding steroid dienone is 4. The van der Waals surface area contributed by atoms with Gasteiger partial charge in [0.1, 0.15) is 5.69 Å². The number of aromatic nitrogens is 1. The van der Waals surface area contributed by atoms with Crippen molar-refractivity contribution in [3.8, 4) is 11.3 Å². The molecule has 0 radical (unpaired) electrons. The average Bonchev–Trinajstić information content (AvgIpc) is 3.21. The van der Waals surface area contributed by atoms with Crippen molar-refractivity contribution in [2.45, 2.75) is 13.0 Å². The molecule has 0 saturated heterocycles. The highest BCUT2D eigenvalue weighted by Gasteiger charge is 2.16. The van der Waals surface area contributed by atoms with E-state index in [1.807, 2.05) is 42.5 Å². The van der Waals surface area contributed by atoms with Gasteiger partial charge >= 0.3 is 0 Å². The third kappa shape index (κ3) is 5.24. The van der Waals surface area contributed by atoms with Gasteiger partial charge in [-0.1, -0.05) is 83.5 Å². The van der Waals surface area contributed by atoms with Crippen LogP contribution in [0.4, 0.5) is 5.88 Å². The highest BCUT2D eigenvalue weighted by molar-refractivity contribution is 6.30. The zero-order valence-electron chi connectivity index (χ0n) is 18.8. The van der Waals surface area contributed by atoms with E-state index in [1.54, 1.807) is 0 Å². The number of nitrogens with zero attached hydrogens (tertiary/aromatic N) is 3. The number of hydrogen-bond donors (Lipinski definition) is 0. The van der Waals surface area contributed by atoms with E-state index >= 15 is 0 Å². The van der Waals surface area contributed by atoms with Crippen molar-refractivity contribution in [2.24, 2.45) is 0 Å². The van der Waals surface area contributed by atoms with Gasteiger partial charge in [0.05, 0.1) is 0 Å². The Bertz CT molecular complexity index is 1330. The summed E-state index contributed by atoms with van der Waals surface area (Å²) in [5, 5.41) is 7.53. The molecule has 0 spiro atoms. The van der Waals surface area contributed by atoms with Crippen LogP contribution in [-0.4, -0.2) is 23.1 Å². The Morgan fingerprint density at radius 2 is 1.65 bits per heavy atom. The summed E-state index contributed by atoms with van der Waals surface area (Å²) in [5.74, 6) is 0.756. The Labute approximate surface area is 205 Å². The van der Waals surface area contributed by atoms with Crippen molar-refractivity contribution >= 4 is 28.3 Å². The standard InChI is InChI=1S/C29H26ClN3O/c30-26-14-8-12-24(20-26)28-21-29(34-31-28)33(19-9-18-32-16-5-1-2-6-17-32)22-25-13-7-11-23-10-3-4-15-27(23)25/h1-8,10-17,20-21H,9,18-19,22H2. The minimum absolute atomic E-state index is 0.683. The predicted molar refractivity (Wildman–Crippen MR) is 141 cm³/mol. The molecule has 4 aromatic rings. The summed E-state index contributed by atoms with van der Waals surface area (Å²) >= 11 is 6.19. The third-order valence-electron chi connectivity index (χ3n) is 5.90. The zero-order valence-corrected chi connectivity index (χ0v) is 19.6. The Balaban J connectivity index is 1.39. The molecule has 3 aromatic carbocycles. The molecule has 0 aliphatic carbocycles. The Kier molecular flexibility index (Phi) is 6.78. The largest absolute Gasteiger partial charge is 0.354 e. The summed E-state index contributed by atoms with van der Waals surface area (Å²) in [4.78, 5) is 4.47. The fourth-order valence-electron chi connectivity index (χ4n) is 4.19. The van der Waals surface area contributed by atoms with Crippen molar-refractivity contribution < 1.29 is 4.52 Å². The monoisotopic (exact) mass is 467 g/mol. The quantitative estimate of drug-likeness (QED) is 0.269. The second-order valence-electron chi connectivity index (χ2n) is 8.28. The number of anilines is 1. The minimum atomic E-state index is 0.683. The number of hydrogen-bond acceptors (Lipinski definition) is 4. The van der Waals surface area contributed by atoms with Gasteiger partial charge in [0.2, 0.25) is 5.88 Å². The third-order valence-corrected chi connectivity index (χ3v) is 6.14. The van der Waals surface area contributed by atoms with Crippen molar-refractivity contribution in [1.29, 1.82) is 0 Å². The number of rotatable bonds is 8. The van der Waals surface area contributed by atoms with Gasteiger partial charge in [-0.05, 0) is 47.0 Å². The van der Waals surface area contributed by atoms with Crippen LogP contribution in [0.5, 0.6) is 0 Å². The molecule has 2 heterocycles. The van der Waals surface area contributed by atoms with Gasteiger partial charge < -0.3 is 14.3 Å².